The van der Waals surface area contributed by atoms with Crippen molar-refractivity contribution in [3.8, 4) is 0 Å². The van der Waals surface area contributed by atoms with Crippen molar-refractivity contribution >= 4 is 6.29 Å². The second-order valence-corrected chi connectivity index (χ2v) is 1.51. The predicted octanol–water partition coefficient (Wildman–Crippen LogP) is -3.79. The average molecular weight is 168 g/mol. The highest BCUT2D eigenvalue weighted by molar-refractivity contribution is 5.49. The highest BCUT2D eigenvalue weighted by Gasteiger charge is 1.90. The van der Waals surface area contributed by atoms with Crippen LogP contribution in [-0.2, 0) is 4.79 Å². The zero-order valence-electron chi connectivity index (χ0n) is 4.36. The van der Waals surface area contributed by atoms with E-state index in [4.69, 9.17) is 0 Å². The van der Waals surface area contributed by atoms with Gasteiger partial charge >= 0.3 is 0 Å². The number of halogens is 1. The van der Waals surface area contributed by atoms with Gasteiger partial charge in [0.05, 0.1) is 12.5 Å². The third-order valence-corrected chi connectivity index (χ3v) is 0.499. The second kappa shape index (κ2) is 6.11. The van der Waals surface area contributed by atoms with Crippen molar-refractivity contribution in [1.82, 2.24) is 0 Å². The van der Waals surface area contributed by atoms with Gasteiger partial charge in [-0.15, -0.1) is 0 Å². The van der Waals surface area contributed by atoms with Crippen molar-refractivity contribution in [3.63, 3.8) is 0 Å². The Bertz CT molecular complexity index is 47.0. The first-order chi connectivity index (χ1) is 2.77. The molecule has 1 unspecified atom stereocenters. The number of aldehydes is 1. The fourth-order valence-corrected chi connectivity index (χ4v) is 0.164. The van der Waals surface area contributed by atoms with Crippen LogP contribution in [0.3, 0.4) is 0 Å². The van der Waals surface area contributed by atoms with Crippen LogP contribution in [0.2, 0.25) is 0 Å². The summed E-state index contributed by atoms with van der Waals surface area (Å²) < 4.78 is 0. The van der Waals surface area contributed by atoms with Gasteiger partial charge in [0.25, 0.3) is 0 Å². The summed E-state index contributed by atoms with van der Waals surface area (Å²) in [6, 6.07) is 0.280. The van der Waals surface area contributed by atoms with Crippen LogP contribution in [0, 0.1) is 0 Å². The Morgan fingerprint density at radius 3 is 2.29 bits per heavy atom. The van der Waals surface area contributed by atoms with Crippen LogP contribution in [-0.4, -0.2) is 12.3 Å². The standard InChI is InChI=1S/C4H9NO.BrH/c1-4(5)2-3-6;/h3-4H,2,5H2,1H3;1H. The first-order valence-corrected chi connectivity index (χ1v) is 2.04. The topological polar surface area (TPSA) is 44.7 Å². The summed E-state index contributed by atoms with van der Waals surface area (Å²) in [4.78, 5) is 9.58. The van der Waals surface area contributed by atoms with Crippen LogP contribution < -0.4 is 22.7 Å². The molecule has 2 nitrogen and oxygen atoms in total. The van der Waals surface area contributed by atoms with E-state index in [2.05, 4.69) is 5.73 Å². The molecular formula is C4H10BrNO. The maximum Gasteiger partial charge on any atom is 0.125 e. The van der Waals surface area contributed by atoms with Crippen LogP contribution in [0.5, 0.6) is 0 Å². The van der Waals surface area contributed by atoms with Crippen molar-refractivity contribution < 1.29 is 27.5 Å². The van der Waals surface area contributed by atoms with E-state index in [1.54, 1.807) is 0 Å². The van der Waals surface area contributed by atoms with Crippen LogP contribution in [0.15, 0.2) is 0 Å². The number of rotatable bonds is 2. The molecule has 0 radical (unpaired) electrons. The van der Waals surface area contributed by atoms with Crippen LogP contribution in [0.4, 0.5) is 0 Å². The summed E-state index contributed by atoms with van der Waals surface area (Å²) in [6.45, 7) is 1.91. The number of quaternary nitrogens is 1. The van der Waals surface area contributed by atoms with Crippen molar-refractivity contribution in [1.29, 1.82) is 0 Å². The second-order valence-electron chi connectivity index (χ2n) is 1.51. The van der Waals surface area contributed by atoms with E-state index >= 15 is 0 Å². The number of carbonyl (C=O) groups is 1. The van der Waals surface area contributed by atoms with Gasteiger partial charge in [0.15, 0.2) is 0 Å². The zero-order chi connectivity index (χ0) is 4.99. The molecule has 0 aromatic carbocycles. The highest BCUT2D eigenvalue weighted by Crippen LogP contribution is 1.72. The summed E-state index contributed by atoms with van der Waals surface area (Å²) >= 11 is 0. The summed E-state index contributed by atoms with van der Waals surface area (Å²) in [6.07, 6.45) is 1.47. The van der Waals surface area contributed by atoms with Crippen LogP contribution >= 0.6 is 0 Å². The van der Waals surface area contributed by atoms with E-state index in [0.29, 0.717) is 6.42 Å². The molecule has 0 aromatic rings. The van der Waals surface area contributed by atoms with Crippen molar-refractivity contribution in [2.24, 2.45) is 0 Å². The van der Waals surface area contributed by atoms with E-state index in [0.717, 1.165) is 6.29 Å². The Kier molecular flexibility index (Phi) is 8.87. The Balaban J connectivity index is 0. The molecule has 3 heteroatoms. The van der Waals surface area contributed by atoms with E-state index in [1.807, 2.05) is 6.92 Å². The number of hydrogen-bond donors (Lipinski definition) is 1. The van der Waals surface area contributed by atoms with Crippen LogP contribution in [0.1, 0.15) is 13.3 Å². The molecule has 0 aliphatic carbocycles. The van der Waals surface area contributed by atoms with Crippen molar-refractivity contribution in [2.45, 2.75) is 19.4 Å². The van der Waals surface area contributed by atoms with Crippen molar-refractivity contribution in [3.05, 3.63) is 0 Å². The summed E-state index contributed by atoms with van der Waals surface area (Å²) in [5.74, 6) is 0. The molecular weight excluding hydrogens is 158 g/mol. The van der Waals surface area contributed by atoms with E-state index < -0.39 is 0 Å². The Morgan fingerprint density at radius 2 is 2.29 bits per heavy atom. The fraction of sp³-hybridized carbons (Fsp3) is 0.750. The molecule has 0 heterocycles. The molecule has 0 fully saturated rings. The molecule has 0 bridgehead atoms. The first kappa shape index (κ1) is 10.2. The zero-order valence-corrected chi connectivity index (χ0v) is 5.94. The number of carbonyl (C=O) groups excluding carboxylic acids is 1. The molecule has 7 heavy (non-hydrogen) atoms. The first-order valence-electron chi connectivity index (χ1n) is 2.04. The van der Waals surface area contributed by atoms with E-state index in [1.165, 1.54) is 0 Å². The minimum atomic E-state index is 0. The molecule has 1 atom stereocenters. The Morgan fingerprint density at radius 1 is 1.86 bits per heavy atom. The lowest BCUT2D eigenvalue weighted by molar-refractivity contribution is -0.412. The summed E-state index contributed by atoms with van der Waals surface area (Å²) in [5.41, 5.74) is 3.60. The normalized spacial score (nSPS) is 11.7. The molecule has 0 aliphatic rings. The SMILES string of the molecule is CC([NH3+])CC=O.[Br-]. The van der Waals surface area contributed by atoms with E-state index in [-0.39, 0.29) is 23.0 Å². The van der Waals surface area contributed by atoms with E-state index in [9.17, 15) is 4.79 Å². The van der Waals surface area contributed by atoms with Gasteiger partial charge in [-0.05, 0) is 6.92 Å². The highest BCUT2D eigenvalue weighted by atomic mass is 79.9. The van der Waals surface area contributed by atoms with Gasteiger partial charge in [-0.25, -0.2) is 0 Å². The summed E-state index contributed by atoms with van der Waals surface area (Å²) in [5, 5.41) is 0. The molecule has 0 spiro atoms. The van der Waals surface area contributed by atoms with Gasteiger partial charge in [0.1, 0.15) is 6.29 Å². The molecule has 0 saturated carbocycles. The molecule has 0 amide bonds. The monoisotopic (exact) mass is 167 g/mol. The molecule has 44 valence electrons. The molecule has 0 aliphatic heterocycles. The maximum absolute atomic E-state index is 9.58. The lowest BCUT2D eigenvalue weighted by Gasteiger charge is -1.87. The van der Waals surface area contributed by atoms with Gasteiger partial charge in [-0.3, -0.25) is 0 Å². The van der Waals surface area contributed by atoms with Gasteiger partial charge in [-0.1, -0.05) is 0 Å². The molecule has 0 aromatic heterocycles. The average Bonchev–Trinajstić information content (AvgIpc) is 1.35. The Labute approximate surface area is 53.8 Å². The smallest absolute Gasteiger partial charge is 0.125 e. The number of hydrogen-bond acceptors (Lipinski definition) is 1. The molecule has 0 saturated heterocycles. The van der Waals surface area contributed by atoms with Gasteiger partial charge in [0.2, 0.25) is 0 Å². The molecule has 3 N–H and O–H groups in total. The quantitative estimate of drug-likeness (QED) is 0.422. The van der Waals surface area contributed by atoms with Gasteiger partial charge < -0.3 is 27.5 Å². The van der Waals surface area contributed by atoms with Crippen molar-refractivity contribution in [2.75, 3.05) is 0 Å². The Hall–Kier alpha value is 0.110. The molecule has 0 rings (SSSR count). The minimum absolute atomic E-state index is 0. The third-order valence-electron chi connectivity index (χ3n) is 0.499. The minimum Gasteiger partial charge on any atom is -1.00 e. The lowest BCUT2D eigenvalue weighted by atomic mass is 10.3. The summed E-state index contributed by atoms with van der Waals surface area (Å²) in [7, 11) is 0. The lowest BCUT2D eigenvalue weighted by Crippen LogP contribution is -3.00. The largest absolute Gasteiger partial charge is 1.00 e. The van der Waals surface area contributed by atoms with Gasteiger partial charge in [-0.2, -0.15) is 0 Å². The predicted molar refractivity (Wildman–Crippen MR) is 23.0 cm³/mol. The van der Waals surface area contributed by atoms with Crippen LogP contribution in [0.25, 0.3) is 0 Å². The fourth-order valence-electron chi connectivity index (χ4n) is 0.164. The third kappa shape index (κ3) is 10.7. The van der Waals surface area contributed by atoms with Gasteiger partial charge in [0, 0.05) is 0 Å². The maximum atomic E-state index is 9.58.